The summed E-state index contributed by atoms with van der Waals surface area (Å²) in [5, 5.41) is 18.5. The summed E-state index contributed by atoms with van der Waals surface area (Å²) >= 11 is 0. The first-order valence-corrected chi connectivity index (χ1v) is 14.3. The maximum atomic E-state index is 14.3. The third-order valence-corrected chi connectivity index (χ3v) is 8.80. The summed E-state index contributed by atoms with van der Waals surface area (Å²) in [6, 6.07) is 17.6. The number of hydrogen-bond acceptors (Lipinski definition) is 7. The third-order valence-electron chi connectivity index (χ3n) is 8.80. The Labute approximate surface area is 242 Å². The van der Waals surface area contributed by atoms with Gasteiger partial charge in [-0.2, -0.15) is 5.26 Å². The quantitative estimate of drug-likeness (QED) is 0.304. The summed E-state index contributed by atoms with van der Waals surface area (Å²) in [5.41, 5.74) is 3.55. The Morgan fingerprint density at radius 3 is 2.81 bits per heavy atom. The van der Waals surface area contributed by atoms with Gasteiger partial charge in [-0.1, -0.05) is 12.1 Å². The normalized spacial score (nSPS) is 23.1. The first-order chi connectivity index (χ1) is 20.5. The number of aromatic carboxylic acids is 1. The molecule has 42 heavy (non-hydrogen) atoms. The van der Waals surface area contributed by atoms with Crippen molar-refractivity contribution in [2.45, 2.75) is 57.0 Å². The predicted molar refractivity (Wildman–Crippen MR) is 150 cm³/mol. The molecule has 1 unspecified atom stereocenters. The van der Waals surface area contributed by atoms with Crippen LogP contribution < -0.4 is 4.74 Å². The van der Waals surface area contributed by atoms with Crippen LogP contribution in [0.2, 0.25) is 0 Å². The lowest BCUT2D eigenvalue weighted by molar-refractivity contribution is -0.0592. The summed E-state index contributed by atoms with van der Waals surface area (Å²) in [4.78, 5) is 23.8. The number of carbonyl (C=O) groups is 1. The van der Waals surface area contributed by atoms with Gasteiger partial charge in [0.15, 0.2) is 0 Å². The molecule has 2 saturated heterocycles. The Morgan fingerprint density at radius 1 is 1.17 bits per heavy atom. The number of carboxylic acid groups (broad SMARTS) is 1. The molecule has 1 N–H and O–H groups in total. The maximum absolute atomic E-state index is 14.3. The summed E-state index contributed by atoms with van der Waals surface area (Å²) in [5.74, 6) is 0.804. The fourth-order valence-corrected chi connectivity index (χ4v) is 6.35. The Bertz CT molecular complexity index is 1710. The second-order valence-corrected chi connectivity index (χ2v) is 11.4. The van der Waals surface area contributed by atoms with Gasteiger partial charge < -0.3 is 19.1 Å². The first kappa shape index (κ1) is 26.6. The van der Waals surface area contributed by atoms with Crippen LogP contribution in [0, 0.1) is 23.1 Å². The molecular weight excluding hydrogens is 537 g/mol. The van der Waals surface area contributed by atoms with E-state index in [9.17, 15) is 14.3 Å². The number of fused-ring (bicyclic) bond motifs is 2. The Balaban J connectivity index is 1.04. The fourth-order valence-electron chi connectivity index (χ4n) is 6.35. The Morgan fingerprint density at radius 2 is 2.05 bits per heavy atom. The average Bonchev–Trinajstić information content (AvgIpc) is 3.71. The molecule has 1 aliphatic carbocycles. The van der Waals surface area contributed by atoms with Crippen LogP contribution in [0.5, 0.6) is 5.88 Å². The number of carboxylic acids is 1. The minimum atomic E-state index is -0.946. The summed E-state index contributed by atoms with van der Waals surface area (Å²) in [7, 11) is 0. The number of nitriles is 1. The molecule has 0 bridgehead atoms. The molecule has 0 radical (unpaired) electrons. The number of aromatic nitrogens is 3. The molecule has 7 rings (SSSR count). The number of rotatable bonds is 9. The third kappa shape index (κ3) is 5.10. The number of nitrogens with zero attached hydrogens (tertiary/aromatic N) is 5. The molecule has 4 heterocycles. The number of hydrogen-bond donors (Lipinski definition) is 1. The molecule has 0 spiro atoms. The lowest BCUT2D eigenvalue weighted by Crippen LogP contribution is -2.36. The molecule has 4 aromatic rings. The summed E-state index contributed by atoms with van der Waals surface area (Å²) in [6.07, 6.45) is 3.16. The van der Waals surface area contributed by atoms with Crippen LogP contribution in [0.1, 0.15) is 58.2 Å². The van der Waals surface area contributed by atoms with Crippen LogP contribution in [0.4, 0.5) is 4.39 Å². The molecule has 214 valence electrons. The van der Waals surface area contributed by atoms with Crippen molar-refractivity contribution in [3.05, 3.63) is 88.6 Å². The van der Waals surface area contributed by atoms with Crippen LogP contribution in [0.15, 0.2) is 54.6 Å². The molecule has 1 saturated carbocycles. The summed E-state index contributed by atoms with van der Waals surface area (Å²) in [6.45, 7) is 3.07. The molecule has 0 amide bonds. The largest absolute Gasteiger partial charge is 0.478 e. The zero-order valence-corrected chi connectivity index (χ0v) is 22.9. The smallest absolute Gasteiger partial charge is 0.335 e. The zero-order valence-electron chi connectivity index (χ0n) is 22.9. The molecule has 10 heteroatoms. The van der Waals surface area contributed by atoms with E-state index in [0.717, 1.165) is 55.0 Å². The first-order valence-electron chi connectivity index (χ1n) is 14.3. The van der Waals surface area contributed by atoms with Crippen LogP contribution in [-0.4, -0.2) is 55.8 Å². The average molecular weight is 568 g/mol. The lowest BCUT2D eigenvalue weighted by Gasteiger charge is -2.32. The van der Waals surface area contributed by atoms with E-state index in [1.165, 1.54) is 6.07 Å². The Hall–Kier alpha value is -4.33. The second-order valence-electron chi connectivity index (χ2n) is 11.4. The van der Waals surface area contributed by atoms with E-state index < -0.39 is 11.8 Å². The fraction of sp³-hybridized carbons (Fsp3) is 0.375. The van der Waals surface area contributed by atoms with Crippen LogP contribution in [-0.2, 0) is 24.4 Å². The lowest BCUT2D eigenvalue weighted by atomic mass is 9.92. The number of halogens is 1. The van der Waals surface area contributed by atoms with Crippen LogP contribution >= 0.6 is 0 Å². The Kier molecular flexibility index (Phi) is 6.84. The van der Waals surface area contributed by atoms with E-state index in [4.69, 9.17) is 24.7 Å². The van der Waals surface area contributed by atoms with Crippen molar-refractivity contribution in [3.63, 3.8) is 0 Å². The number of benzene rings is 2. The number of ether oxygens (including phenoxy) is 2. The van der Waals surface area contributed by atoms with E-state index in [1.807, 2.05) is 18.2 Å². The second kappa shape index (κ2) is 10.8. The minimum absolute atomic E-state index is 0.0410. The van der Waals surface area contributed by atoms with Crippen molar-refractivity contribution in [1.29, 1.82) is 5.26 Å². The van der Waals surface area contributed by atoms with E-state index >= 15 is 0 Å². The summed E-state index contributed by atoms with van der Waals surface area (Å²) < 4.78 is 28.0. The van der Waals surface area contributed by atoms with Gasteiger partial charge >= 0.3 is 5.97 Å². The van der Waals surface area contributed by atoms with E-state index in [2.05, 4.69) is 9.47 Å². The van der Waals surface area contributed by atoms with Gasteiger partial charge in [0.25, 0.3) is 0 Å². The monoisotopic (exact) mass is 567 g/mol. The van der Waals surface area contributed by atoms with Gasteiger partial charge in [-0.05, 0) is 68.1 Å². The highest BCUT2D eigenvalue weighted by Gasteiger charge is 2.50. The van der Waals surface area contributed by atoms with Gasteiger partial charge in [0.1, 0.15) is 18.2 Å². The minimum Gasteiger partial charge on any atom is -0.478 e. The number of pyridine rings is 1. The van der Waals surface area contributed by atoms with Crippen LogP contribution in [0.25, 0.3) is 11.0 Å². The van der Waals surface area contributed by atoms with E-state index in [0.29, 0.717) is 42.4 Å². The van der Waals surface area contributed by atoms with Crippen molar-refractivity contribution < 1.29 is 23.8 Å². The van der Waals surface area contributed by atoms with Gasteiger partial charge in [0.05, 0.1) is 47.4 Å². The zero-order chi connectivity index (χ0) is 28.8. The molecule has 9 nitrogen and oxygen atoms in total. The highest BCUT2D eigenvalue weighted by molar-refractivity contribution is 5.92. The molecule has 3 fully saturated rings. The molecular formula is C32H30FN5O4. The standard InChI is InChI=1S/C32H30FN5O4/c33-25-12-19(15-34)4-5-21(25)18-42-31-3-1-2-26(36-31)23-8-10-37(28-14-24(23)28)17-30-35-27-7-6-20(32(39)40)13-29(27)38(30)16-22-9-11-41-22/h1-7,12-13,22-24,28H,8-11,14,16-18H2,(H,39,40)/t22?,23-,24+,28+/m0/s1. The van der Waals surface area contributed by atoms with Crippen molar-refractivity contribution in [2.24, 2.45) is 5.92 Å². The molecule has 2 aliphatic heterocycles. The number of imidazole rings is 1. The van der Waals surface area contributed by atoms with Crippen molar-refractivity contribution in [3.8, 4) is 11.9 Å². The van der Waals surface area contributed by atoms with E-state index in [1.54, 1.807) is 36.4 Å². The SMILES string of the molecule is N#Cc1ccc(COc2cccc([C@H]3CCN(Cc4nc5ccc(C(=O)O)cc5n4CC4CCO4)[C@@H]4C[C@H]34)n2)c(F)c1. The van der Waals surface area contributed by atoms with Crippen molar-refractivity contribution >= 4 is 17.0 Å². The van der Waals surface area contributed by atoms with Crippen LogP contribution in [0.3, 0.4) is 0 Å². The number of piperidine rings is 1. The predicted octanol–water partition coefficient (Wildman–Crippen LogP) is 4.89. The number of likely N-dealkylation sites (tertiary alicyclic amines) is 1. The van der Waals surface area contributed by atoms with Gasteiger partial charge in [0, 0.05) is 35.9 Å². The molecule has 2 aromatic heterocycles. The highest BCUT2D eigenvalue weighted by atomic mass is 19.1. The molecule has 2 aromatic carbocycles. The van der Waals surface area contributed by atoms with Crippen molar-refractivity contribution in [2.75, 3.05) is 13.2 Å². The maximum Gasteiger partial charge on any atom is 0.335 e. The molecule has 4 atom stereocenters. The van der Waals surface area contributed by atoms with E-state index in [-0.39, 0.29) is 23.8 Å². The topological polar surface area (TPSA) is 114 Å². The van der Waals surface area contributed by atoms with Gasteiger partial charge in [-0.15, -0.1) is 0 Å². The van der Waals surface area contributed by atoms with Crippen molar-refractivity contribution in [1.82, 2.24) is 19.4 Å². The molecule has 3 aliphatic rings. The van der Waals surface area contributed by atoms with Gasteiger partial charge in [0.2, 0.25) is 5.88 Å². The van der Waals surface area contributed by atoms with Gasteiger partial charge in [-0.25, -0.2) is 19.2 Å². The highest BCUT2D eigenvalue weighted by Crippen LogP contribution is 2.51. The van der Waals surface area contributed by atoms with Gasteiger partial charge in [-0.3, -0.25) is 4.90 Å².